The molecule has 2 aromatic rings. The highest BCUT2D eigenvalue weighted by Gasteiger charge is 2.30. The molecule has 0 aliphatic carbocycles. The van der Waals surface area contributed by atoms with Crippen LogP contribution in [0.1, 0.15) is 19.3 Å². The van der Waals surface area contributed by atoms with Gasteiger partial charge in [-0.25, -0.2) is 0 Å². The number of nitrogens with zero attached hydrogens (tertiary/aromatic N) is 3. The number of H-pyrrole nitrogens is 1. The Balaban J connectivity index is 1.70. The Hall–Kier alpha value is -2.41. The van der Waals surface area contributed by atoms with Gasteiger partial charge in [-0.15, -0.1) is 5.10 Å². The molecule has 1 fully saturated rings. The van der Waals surface area contributed by atoms with Crippen LogP contribution in [0.2, 0.25) is 5.02 Å². The zero-order valence-corrected chi connectivity index (χ0v) is 13.3. The average Bonchev–Trinajstić information content (AvgIpc) is 2.99. The number of benzene rings is 1. The van der Waals surface area contributed by atoms with Crippen LogP contribution < -0.4 is 5.32 Å². The van der Waals surface area contributed by atoms with Crippen LogP contribution in [0.25, 0.3) is 11.4 Å². The lowest BCUT2D eigenvalue weighted by atomic mass is 10.0. The quantitative estimate of drug-likeness (QED) is 0.899. The standard InChI is InChI=1S/C15H16ClN5O2/c1-21-11(3-2-4-12(21)22)14(23)18-15-17-13(19-20-15)9-5-7-10(16)8-6-9/h5-8,11H,2-4H2,1H3,(H2,17,18,19,20,23). The zero-order valence-electron chi connectivity index (χ0n) is 12.5. The van der Waals surface area contributed by atoms with Gasteiger partial charge in [-0.1, -0.05) is 11.6 Å². The third-order valence-electron chi connectivity index (χ3n) is 3.87. The first-order valence-electron chi connectivity index (χ1n) is 7.29. The number of aromatic amines is 1. The topological polar surface area (TPSA) is 91.0 Å². The van der Waals surface area contributed by atoms with Crippen molar-refractivity contribution in [1.29, 1.82) is 0 Å². The second-order valence-electron chi connectivity index (χ2n) is 5.42. The molecule has 120 valence electrons. The number of piperidine rings is 1. The van der Waals surface area contributed by atoms with E-state index in [1.165, 1.54) is 4.90 Å². The normalized spacial score (nSPS) is 18.1. The summed E-state index contributed by atoms with van der Waals surface area (Å²) in [7, 11) is 1.64. The summed E-state index contributed by atoms with van der Waals surface area (Å²) in [6.07, 6.45) is 1.84. The zero-order chi connectivity index (χ0) is 16.4. The van der Waals surface area contributed by atoms with Gasteiger partial charge in [0.25, 0.3) is 0 Å². The van der Waals surface area contributed by atoms with E-state index in [2.05, 4.69) is 20.5 Å². The van der Waals surface area contributed by atoms with E-state index in [4.69, 9.17) is 11.6 Å². The Bertz CT molecular complexity index is 728. The number of likely N-dealkylation sites (N-methyl/N-ethyl adjacent to an activating group) is 1. The molecule has 1 atom stereocenters. The molecule has 2 amide bonds. The number of likely N-dealkylation sites (tertiary alicyclic amines) is 1. The molecule has 2 N–H and O–H groups in total. The summed E-state index contributed by atoms with van der Waals surface area (Å²) in [5.74, 6) is 0.423. The van der Waals surface area contributed by atoms with E-state index in [0.29, 0.717) is 30.1 Å². The van der Waals surface area contributed by atoms with Crippen molar-refractivity contribution in [3.05, 3.63) is 29.3 Å². The van der Waals surface area contributed by atoms with Crippen molar-refractivity contribution in [3.63, 3.8) is 0 Å². The monoisotopic (exact) mass is 333 g/mol. The number of carbonyl (C=O) groups excluding carboxylic acids is 2. The van der Waals surface area contributed by atoms with Crippen LogP contribution in [0, 0.1) is 0 Å². The molecule has 0 radical (unpaired) electrons. The Morgan fingerprint density at radius 3 is 2.87 bits per heavy atom. The predicted molar refractivity (Wildman–Crippen MR) is 85.9 cm³/mol. The van der Waals surface area contributed by atoms with Gasteiger partial charge >= 0.3 is 0 Å². The highest BCUT2D eigenvalue weighted by atomic mass is 35.5. The van der Waals surface area contributed by atoms with Crippen LogP contribution in [0.4, 0.5) is 5.95 Å². The second-order valence-corrected chi connectivity index (χ2v) is 5.85. The molecule has 1 aromatic carbocycles. The fourth-order valence-corrected chi connectivity index (χ4v) is 2.67. The van der Waals surface area contributed by atoms with Gasteiger partial charge in [0.15, 0.2) is 5.82 Å². The maximum Gasteiger partial charge on any atom is 0.249 e. The highest BCUT2D eigenvalue weighted by Crippen LogP contribution is 2.20. The minimum Gasteiger partial charge on any atom is -0.334 e. The number of hydrogen-bond donors (Lipinski definition) is 2. The fraction of sp³-hybridized carbons (Fsp3) is 0.333. The minimum atomic E-state index is -0.478. The molecular formula is C15H16ClN5O2. The van der Waals surface area contributed by atoms with Gasteiger partial charge in [-0.05, 0) is 37.1 Å². The minimum absolute atomic E-state index is 0.0201. The number of halogens is 1. The lowest BCUT2D eigenvalue weighted by Crippen LogP contribution is -2.47. The molecule has 8 heteroatoms. The number of rotatable bonds is 3. The van der Waals surface area contributed by atoms with Crippen molar-refractivity contribution >= 4 is 29.4 Å². The largest absolute Gasteiger partial charge is 0.334 e. The third-order valence-corrected chi connectivity index (χ3v) is 4.12. The molecule has 0 spiro atoms. The summed E-state index contributed by atoms with van der Waals surface area (Å²) in [4.78, 5) is 29.7. The van der Waals surface area contributed by atoms with Crippen LogP contribution in [0.5, 0.6) is 0 Å². The number of amides is 2. The first kappa shape index (κ1) is 15.5. The summed E-state index contributed by atoms with van der Waals surface area (Å²) in [6, 6.07) is 6.64. The average molecular weight is 334 g/mol. The smallest absolute Gasteiger partial charge is 0.249 e. The third kappa shape index (κ3) is 3.34. The number of anilines is 1. The molecule has 2 heterocycles. The Morgan fingerprint density at radius 2 is 2.13 bits per heavy atom. The molecular weight excluding hydrogens is 318 g/mol. The molecule has 1 saturated heterocycles. The predicted octanol–water partition coefficient (Wildman–Crippen LogP) is 2.07. The van der Waals surface area contributed by atoms with Gasteiger partial charge in [0.2, 0.25) is 17.8 Å². The first-order chi connectivity index (χ1) is 11.0. The van der Waals surface area contributed by atoms with E-state index in [1.54, 1.807) is 19.2 Å². The van der Waals surface area contributed by atoms with Crippen molar-refractivity contribution in [2.75, 3.05) is 12.4 Å². The molecule has 23 heavy (non-hydrogen) atoms. The molecule has 1 aromatic heterocycles. The molecule has 1 aliphatic heterocycles. The van der Waals surface area contributed by atoms with E-state index < -0.39 is 6.04 Å². The van der Waals surface area contributed by atoms with Gasteiger partial charge in [0.1, 0.15) is 6.04 Å². The van der Waals surface area contributed by atoms with E-state index in [-0.39, 0.29) is 17.8 Å². The van der Waals surface area contributed by atoms with Crippen LogP contribution in [-0.4, -0.2) is 45.0 Å². The first-order valence-corrected chi connectivity index (χ1v) is 7.67. The van der Waals surface area contributed by atoms with Crippen molar-refractivity contribution in [1.82, 2.24) is 20.1 Å². The molecule has 3 rings (SSSR count). The van der Waals surface area contributed by atoms with E-state index in [0.717, 1.165) is 5.56 Å². The summed E-state index contributed by atoms with van der Waals surface area (Å²) in [5.41, 5.74) is 0.812. The molecule has 7 nitrogen and oxygen atoms in total. The lowest BCUT2D eigenvalue weighted by Gasteiger charge is -2.30. The van der Waals surface area contributed by atoms with Gasteiger partial charge in [0.05, 0.1) is 0 Å². The van der Waals surface area contributed by atoms with Crippen molar-refractivity contribution in [3.8, 4) is 11.4 Å². The van der Waals surface area contributed by atoms with Gasteiger partial charge in [0, 0.05) is 24.1 Å². The number of carbonyl (C=O) groups is 2. The maximum absolute atomic E-state index is 12.3. The van der Waals surface area contributed by atoms with Crippen LogP contribution >= 0.6 is 11.6 Å². The van der Waals surface area contributed by atoms with Crippen molar-refractivity contribution in [2.24, 2.45) is 0 Å². The Morgan fingerprint density at radius 1 is 1.39 bits per heavy atom. The van der Waals surface area contributed by atoms with Gasteiger partial charge < -0.3 is 4.90 Å². The number of hydrogen-bond acceptors (Lipinski definition) is 4. The van der Waals surface area contributed by atoms with Crippen molar-refractivity contribution < 1.29 is 9.59 Å². The fourth-order valence-electron chi connectivity index (χ4n) is 2.55. The Labute approximate surface area is 138 Å². The van der Waals surface area contributed by atoms with Gasteiger partial charge in [-0.2, -0.15) is 4.98 Å². The molecule has 0 bridgehead atoms. The summed E-state index contributed by atoms with van der Waals surface area (Å²) in [5, 5.41) is 10.0. The lowest BCUT2D eigenvalue weighted by molar-refractivity contribution is -0.140. The number of aromatic nitrogens is 3. The summed E-state index contributed by atoms with van der Waals surface area (Å²) >= 11 is 5.85. The SMILES string of the molecule is CN1C(=O)CCCC1C(=O)Nc1n[nH]c(-c2ccc(Cl)cc2)n1. The van der Waals surface area contributed by atoms with Gasteiger partial charge in [-0.3, -0.25) is 20.0 Å². The van der Waals surface area contributed by atoms with Crippen LogP contribution in [-0.2, 0) is 9.59 Å². The molecule has 1 aliphatic rings. The summed E-state index contributed by atoms with van der Waals surface area (Å²) < 4.78 is 0. The number of nitrogens with one attached hydrogen (secondary N) is 2. The van der Waals surface area contributed by atoms with E-state index in [9.17, 15) is 9.59 Å². The maximum atomic E-state index is 12.3. The van der Waals surface area contributed by atoms with Crippen molar-refractivity contribution in [2.45, 2.75) is 25.3 Å². The van der Waals surface area contributed by atoms with E-state index in [1.807, 2.05) is 12.1 Å². The van der Waals surface area contributed by atoms with Crippen LogP contribution in [0.15, 0.2) is 24.3 Å². The Kier molecular flexibility index (Phi) is 4.29. The van der Waals surface area contributed by atoms with Crippen LogP contribution in [0.3, 0.4) is 0 Å². The second kappa shape index (κ2) is 6.37. The van der Waals surface area contributed by atoms with E-state index >= 15 is 0 Å². The highest BCUT2D eigenvalue weighted by molar-refractivity contribution is 6.30. The molecule has 0 saturated carbocycles. The summed E-state index contributed by atoms with van der Waals surface area (Å²) in [6.45, 7) is 0. The molecule has 1 unspecified atom stereocenters.